The van der Waals surface area contributed by atoms with Crippen molar-refractivity contribution in [2.75, 3.05) is 7.11 Å². The highest BCUT2D eigenvalue weighted by Gasteiger charge is 2.10. The molecule has 1 N–H and O–H groups in total. The molecule has 6 heteroatoms. The summed E-state index contributed by atoms with van der Waals surface area (Å²) in [5.41, 5.74) is 1.90. The van der Waals surface area contributed by atoms with Crippen LogP contribution in [-0.4, -0.2) is 13.2 Å². The van der Waals surface area contributed by atoms with Crippen molar-refractivity contribution in [1.29, 1.82) is 0 Å². The molecule has 0 aromatic heterocycles. The second kappa shape index (κ2) is 10.00. The Morgan fingerprint density at radius 2 is 1.71 bits per heavy atom. The Balaban J connectivity index is 0.00000288. The molecule has 0 aliphatic carbocycles. The van der Waals surface area contributed by atoms with E-state index in [1.807, 2.05) is 24.3 Å². The topological polar surface area (TPSA) is 30.5 Å². The summed E-state index contributed by atoms with van der Waals surface area (Å²) in [6.45, 7) is 5.30. The van der Waals surface area contributed by atoms with Gasteiger partial charge in [0.1, 0.15) is 6.61 Å². The van der Waals surface area contributed by atoms with Crippen LogP contribution in [0.1, 0.15) is 25.0 Å². The number of hydrogen-bond acceptors (Lipinski definition) is 3. The minimum atomic E-state index is 0. The molecular formula is C18H22Cl3NO2. The van der Waals surface area contributed by atoms with Crippen molar-refractivity contribution in [3.8, 4) is 11.5 Å². The zero-order valence-electron chi connectivity index (χ0n) is 13.9. The zero-order valence-corrected chi connectivity index (χ0v) is 16.3. The van der Waals surface area contributed by atoms with E-state index in [0.717, 1.165) is 17.7 Å². The first kappa shape index (κ1) is 20.9. The van der Waals surface area contributed by atoms with Crippen molar-refractivity contribution < 1.29 is 9.47 Å². The molecular weight excluding hydrogens is 369 g/mol. The van der Waals surface area contributed by atoms with Gasteiger partial charge in [-0.05, 0) is 29.8 Å². The van der Waals surface area contributed by atoms with E-state index >= 15 is 0 Å². The number of hydrogen-bond donors (Lipinski definition) is 1. The van der Waals surface area contributed by atoms with Crippen LogP contribution in [0.5, 0.6) is 11.5 Å². The summed E-state index contributed by atoms with van der Waals surface area (Å²) in [4.78, 5) is 0. The van der Waals surface area contributed by atoms with E-state index in [4.69, 9.17) is 32.7 Å². The number of halogens is 3. The molecule has 0 saturated heterocycles. The van der Waals surface area contributed by atoms with E-state index in [-0.39, 0.29) is 12.4 Å². The maximum Gasteiger partial charge on any atom is 0.161 e. The molecule has 2 rings (SSSR count). The standard InChI is InChI=1S/C18H21Cl2NO2.ClH/c1-12(2)21-10-13-7-8-17(18(9-13)22-3)23-11-14-15(19)5-4-6-16(14)20;/h4-9,12,21H,10-11H2,1-3H3;1H. The molecule has 132 valence electrons. The molecule has 0 atom stereocenters. The molecule has 0 fully saturated rings. The third kappa shape index (κ3) is 5.75. The highest BCUT2D eigenvalue weighted by molar-refractivity contribution is 6.35. The van der Waals surface area contributed by atoms with Gasteiger partial charge in [-0.2, -0.15) is 0 Å². The van der Waals surface area contributed by atoms with Gasteiger partial charge in [-0.15, -0.1) is 12.4 Å². The number of methoxy groups -OCH3 is 1. The molecule has 2 aromatic rings. The quantitative estimate of drug-likeness (QED) is 0.677. The van der Waals surface area contributed by atoms with Crippen LogP contribution in [0.15, 0.2) is 36.4 Å². The summed E-state index contributed by atoms with van der Waals surface area (Å²) in [6, 6.07) is 11.7. The predicted molar refractivity (Wildman–Crippen MR) is 103 cm³/mol. The smallest absolute Gasteiger partial charge is 0.161 e. The Kier molecular flexibility index (Phi) is 8.71. The predicted octanol–water partition coefficient (Wildman–Crippen LogP) is 5.50. The van der Waals surface area contributed by atoms with Gasteiger partial charge in [0.05, 0.1) is 7.11 Å². The zero-order chi connectivity index (χ0) is 16.8. The van der Waals surface area contributed by atoms with Crippen LogP contribution in [0.3, 0.4) is 0 Å². The fourth-order valence-corrected chi connectivity index (χ4v) is 2.59. The molecule has 0 unspecified atom stereocenters. The first-order valence-electron chi connectivity index (χ1n) is 7.47. The van der Waals surface area contributed by atoms with Crippen molar-refractivity contribution in [3.05, 3.63) is 57.6 Å². The van der Waals surface area contributed by atoms with Crippen molar-refractivity contribution in [2.45, 2.75) is 33.0 Å². The van der Waals surface area contributed by atoms with Crippen molar-refractivity contribution in [1.82, 2.24) is 5.32 Å². The Morgan fingerprint density at radius 3 is 2.29 bits per heavy atom. The molecule has 3 nitrogen and oxygen atoms in total. The van der Waals surface area contributed by atoms with Gasteiger partial charge < -0.3 is 14.8 Å². The summed E-state index contributed by atoms with van der Waals surface area (Å²) >= 11 is 12.3. The highest BCUT2D eigenvalue weighted by Crippen LogP contribution is 2.31. The van der Waals surface area contributed by atoms with Crippen LogP contribution >= 0.6 is 35.6 Å². The summed E-state index contributed by atoms with van der Waals surface area (Å²) in [5, 5.41) is 4.56. The number of rotatable bonds is 7. The second-order valence-electron chi connectivity index (χ2n) is 5.51. The maximum absolute atomic E-state index is 6.16. The molecule has 0 aliphatic heterocycles. The monoisotopic (exact) mass is 389 g/mol. The lowest BCUT2D eigenvalue weighted by Gasteiger charge is -2.14. The number of ether oxygens (including phenoxy) is 2. The van der Waals surface area contributed by atoms with E-state index < -0.39 is 0 Å². The summed E-state index contributed by atoms with van der Waals surface area (Å²) < 4.78 is 11.3. The number of nitrogens with one attached hydrogen (secondary N) is 1. The van der Waals surface area contributed by atoms with Crippen molar-refractivity contribution in [3.63, 3.8) is 0 Å². The summed E-state index contributed by atoms with van der Waals surface area (Å²) in [5.74, 6) is 1.35. The molecule has 0 radical (unpaired) electrons. The highest BCUT2D eigenvalue weighted by atomic mass is 35.5. The lowest BCUT2D eigenvalue weighted by atomic mass is 10.2. The van der Waals surface area contributed by atoms with E-state index in [2.05, 4.69) is 19.2 Å². The lowest BCUT2D eigenvalue weighted by molar-refractivity contribution is 0.284. The van der Waals surface area contributed by atoms with E-state index in [1.54, 1.807) is 19.2 Å². The molecule has 0 aliphatic rings. The van der Waals surface area contributed by atoms with Gasteiger partial charge in [0.2, 0.25) is 0 Å². The van der Waals surface area contributed by atoms with E-state index in [9.17, 15) is 0 Å². The first-order valence-corrected chi connectivity index (χ1v) is 8.23. The molecule has 2 aromatic carbocycles. The van der Waals surface area contributed by atoms with Gasteiger partial charge in [-0.1, -0.05) is 49.2 Å². The van der Waals surface area contributed by atoms with Gasteiger partial charge in [-0.25, -0.2) is 0 Å². The van der Waals surface area contributed by atoms with E-state index in [0.29, 0.717) is 34.2 Å². The van der Waals surface area contributed by atoms with Gasteiger partial charge in [0.25, 0.3) is 0 Å². The molecule has 0 bridgehead atoms. The Labute approximate surface area is 159 Å². The van der Waals surface area contributed by atoms with Gasteiger partial charge >= 0.3 is 0 Å². The SMILES string of the molecule is COc1cc(CNC(C)C)ccc1OCc1c(Cl)cccc1Cl.Cl. The molecule has 0 spiro atoms. The third-order valence-electron chi connectivity index (χ3n) is 3.38. The minimum absolute atomic E-state index is 0. The fourth-order valence-electron chi connectivity index (χ4n) is 2.08. The largest absolute Gasteiger partial charge is 0.493 e. The Hall–Kier alpha value is -1.13. The molecule has 24 heavy (non-hydrogen) atoms. The maximum atomic E-state index is 6.16. The van der Waals surface area contributed by atoms with E-state index in [1.165, 1.54) is 0 Å². The third-order valence-corrected chi connectivity index (χ3v) is 4.08. The molecule has 0 heterocycles. The average molecular weight is 391 g/mol. The van der Waals surface area contributed by atoms with Gasteiger partial charge in [0, 0.05) is 28.2 Å². The second-order valence-corrected chi connectivity index (χ2v) is 6.32. The Bertz CT molecular complexity index is 642. The molecule has 0 amide bonds. The first-order chi connectivity index (χ1) is 11.0. The van der Waals surface area contributed by atoms with Gasteiger partial charge in [0.15, 0.2) is 11.5 Å². The van der Waals surface area contributed by atoms with Crippen LogP contribution in [0.25, 0.3) is 0 Å². The minimum Gasteiger partial charge on any atom is -0.493 e. The summed E-state index contributed by atoms with van der Waals surface area (Å²) in [7, 11) is 1.63. The fraction of sp³-hybridized carbons (Fsp3) is 0.333. The van der Waals surface area contributed by atoms with Crippen LogP contribution in [0, 0.1) is 0 Å². The van der Waals surface area contributed by atoms with Crippen LogP contribution in [0.4, 0.5) is 0 Å². The normalized spacial score (nSPS) is 10.4. The van der Waals surface area contributed by atoms with Crippen LogP contribution in [0.2, 0.25) is 10.0 Å². The number of benzene rings is 2. The lowest BCUT2D eigenvalue weighted by Crippen LogP contribution is -2.21. The molecule has 0 saturated carbocycles. The average Bonchev–Trinajstić information content (AvgIpc) is 2.53. The van der Waals surface area contributed by atoms with Crippen LogP contribution < -0.4 is 14.8 Å². The van der Waals surface area contributed by atoms with Gasteiger partial charge in [-0.3, -0.25) is 0 Å². The van der Waals surface area contributed by atoms with Crippen LogP contribution in [-0.2, 0) is 13.2 Å². The van der Waals surface area contributed by atoms with Crippen molar-refractivity contribution in [2.24, 2.45) is 0 Å². The Morgan fingerprint density at radius 1 is 1.04 bits per heavy atom. The van der Waals surface area contributed by atoms with Crippen molar-refractivity contribution >= 4 is 35.6 Å². The summed E-state index contributed by atoms with van der Waals surface area (Å²) in [6.07, 6.45) is 0.